The van der Waals surface area contributed by atoms with Gasteiger partial charge in [0.1, 0.15) is 6.04 Å². The number of hydrogen-bond acceptors (Lipinski definition) is 3. The number of hydrogen-bond donors (Lipinski definition) is 2. The van der Waals surface area contributed by atoms with E-state index >= 15 is 0 Å². The van der Waals surface area contributed by atoms with Crippen LogP contribution >= 0.6 is 11.6 Å². The van der Waals surface area contributed by atoms with E-state index in [1.165, 1.54) is 0 Å². The number of aliphatic hydroxyl groups excluding tert-OH is 1. The summed E-state index contributed by atoms with van der Waals surface area (Å²) in [5, 5.41) is 12.7. The molecular weight excluding hydrogens is 240 g/mol. The van der Waals surface area contributed by atoms with Crippen LogP contribution in [0.15, 0.2) is 18.2 Å². The smallest absolute Gasteiger partial charge is 0.246 e. The number of benzene rings is 1. The monoisotopic (exact) mass is 254 g/mol. The van der Waals surface area contributed by atoms with Gasteiger partial charge in [0.25, 0.3) is 0 Å². The molecule has 92 valence electrons. The van der Waals surface area contributed by atoms with E-state index in [-0.39, 0.29) is 12.5 Å². The second kappa shape index (κ2) is 5.04. The summed E-state index contributed by atoms with van der Waals surface area (Å²) in [6, 6.07) is 5.04. The van der Waals surface area contributed by atoms with Crippen molar-refractivity contribution in [2.75, 3.05) is 24.6 Å². The molecule has 0 radical (unpaired) electrons. The Hall–Kier alpha value is -1.10. The van der Waals surface area contributed by atoms with Crippen LogP contribution in [0.3, 0.4) is 0 Å². The Bertz CT molecular complexity index is 437. The molecule has 1 atom stereocenters. The molecule has 1 fully saturated rings. The van der Waals surface area contributed by atoms with Crippen LogP contribution in [0.5, 0.6) is 0 Å². The minimum Gasteiger partial charge on any atom is -0.394 e. The highest BCUT2D eigenvalue weighted by Crippen LogP contribution is 2.24. The van der Waals surface area contributed by atoms with Crippen molar-refractivity contribution in [1.29, 1.82) is 0 Å². The largest absolute Gasteiger partial charge is 0.394 e. The molecule has 1 amide bonds. The lowest BCUT2D eigenvalue weighted by Crippen LogP contribution is -2.56. The third-order valence-corrected chi connectivity index (χ3v) is 3.35. The summed E-state index contributed by atoms with van der Waals surface area (Å²) in [6.45, 7) is 2.99. The molecule has 1 aliphatic heterocycles. The van der Waals surface area contributed by atoms with Gasteiger partial charge < -0.3 is 15.3 Å². The number of carbonyl (C=O) groups excluding carboxylic acids is 1. The summed E-state index contributed by atoms with van der Waals surface area (Å²) >= 11 is 6.05. The zero-order valence-corrected chi connectivity index (χ0v) is 10.4. The fourth-order valence-electron chi connectivity index (χ4n) is 1.88. The van der Waals surface area contributed by atoms with Gasteiger partial charge in [-0.1, -0.05) is 17.7 Å². The number of halogens is 1. The molecule has 17 heavy (non-hydrogen) atoms. The van der Waals surface area contributed by atoms with E-state index in [0.717, 1.165) is 11.3 Å². The first kappa shape index (κ1) is 12.4. The molecule has 2 rings (SSSR count). The van der Waals surface area contributed by atoms with Gasteiger partial charge in [0.2, 0.25) is 5.91 Å². The Morgan fingerprint density at radius 3 is 3.00 bits per heavy atom. The van der Waals surface area contributed by atoms with Gasteiger partial charge in [-0.3, -0.25) is 4.79 Å². The summed E-state index contributed by atoms with van der Waals surface area (Å²) in [5.41, 5.74) is 1.77. The van der Waals surface area contributed by atoms with E-state index in [9.17, 15) is 4.79 Å². The number of nitrogens with zero attached hydrogens (tertiary/aromatic N) is 1. The summed E-state index contributed by atoms with van der Waals surface area (Å²) in [4.78, 5) is 13.7. The first-order chi connectivity index (χ1) is 8.13. The topological polar surface area (TPSA) is 52.6 Å². The summed E-state index contributed by atoms with van der Waals surface area (Å²) in [5.74, 6) is -0.112. The predicted octanol–water partition coefficient (Wildman–Crippen LogP) is 0.946. The van der Waals surface area contributed by atoms with Crippen LogP contribution in [-0.4, -0.2) is 36.8 Å². The number of carbonyl (C=O) groups is 1. The molecule has 0 aliphatic carbocycles. The number of piperazine rings is 1. The first-order valence-corrected chi connectivity index (χ1v) is 5.93. The van der Waals surface area contributed by atoms with Crippen molar-refractivity contribution in [3.8, 4) is 0 Å². The third-order valence-electron chi connectivity index (χ3n) is 2.94. The van der Waals surface area contributed by atoms with Crippen molar-refractivity contribution in [2.24, 2.45) is 0 Å². The summed E-state index contributed by atoms with van der Waals surface area (Å²) in [6.07, 6.45) is 0. The van der Waals surface area contributed by atoms with Crippen molar-refractivity contribution in [3.05, 3.63) is 28.8 Å². The fourth-order valence-corrected chi connectivity index (χ4v) is 2.06. The molecule has 1 aromatic carbocycles. The lowest BCUT2D eigenvalue weighted by atomic mass is 10.1. The standard InChI is InChI=1S/C12H15ClN2O2/c1-8-2-3-9(6-10(8)13)15-5-4-14-11(7-16)12(15)17/h2-3,6,11,14,16H,4-5,7H2,1H3. The molecule has 1 saturated heterocycles. The minimum absolute atomic E-state index is 0.112. The van der Waals surface area contributed by atoms with Gasteiger partial charge in [-0.2, -0.15) is 0 Å². The highest BCUT2D eigenvalue weighted by Gasteiger charge is 2.28. The van der Waals surface area contributed by atoms with Crippen molar-refractivity contribution in [2.45, 2.75) is 13.0 Å². The molecule has 0 saturated carbocycles. The lowest BCUT2D eigenvalue weighted by Gasteiger charge is -2.32. The average molecular weight is 255 g/mol. The number of aryl methyl sites for hydroxylation is 1. The van der Waals surface area contributed by atoms with Crippen molar-refractivity contribution in [3.63, 3.8) is 0 Å². The van der Waals surface area contributed by atoms with Gasteiger partial charge in [0.05, 0.1) is 6.61 Å². The highest BCUT2D eigenvalue weighted by molar-refractivity contribution is 6.31. The van der Waals surface area contributed by atoms with E-state index in [2.05, 4.69) is 5.32 Å². The molecular formula is C12H15ClN2O2. The number of aliphatic hydroxyl groups is 1. The quantitative estimate of drug-likeness (QED) is 0.826. The van der Waals surface area contributed by atoms with E-state index in [1.54, 1.807) is 11.0 Å². The molecule has 1 unspecified atom stereocenters. The van der Waals surface area contributed by atoms with Crippen LogP contribution in [0, 0.1) is 6.92 Å². The lowest BCUT2D eigenvalue weighted by molar-refractivity contribution is -0.122. The average Bonchev–Trinajstić information content (AvgIpc) is 2.33. The maximum atomic E-state index is 12.0. The predicted molar refractivity (Wildman–Crippen MR) is 67.4 cm³/mol. The fraction of sp³-hybridized carbons (Fsp3) is 0.417. The van der Waals surface area contributed by atoms with Crippen LogP contribution in [0.1, 0.15) is 5.56 Å². The molecule has 0 bridgehead atoms. The molecule has 0 aromatic heterocycles. The van der Waals surface area contributed by atoms with Crippen molar-refractivity contribution >= 4 is 23.2 Å². The van der Waals surface area contributed by atoms with Crippen LogP contribution in [0.25, 0.3) is 0 Å². The van der Waals surface area contributed by atoms with Crippen LogP contribution in [0.4, 0.5) is 5.69 Å². The van der Waals surface area contributed by atoms with E-state index in [0.29, 0.717) is 18.1 Å². The summed E-state index contributed by atoms with van der Waals surface area (Å²) in [7, 11) is 0. The third kappa shape index (κ3) is 2.44. The number of rotatable bonds is 2. The highest BCUT2D eigenvalue weighted by atomic mass is 35.5. The molecule has 1 heterocycles. The van der Waals surface area contributed by atoms with Crippen molar-refractivity contribution < 1.29 is 9.90 Å². The zero-order chi connectivity index (χ0) is 12.4. The Balaban J connectivity index is 2.26. The Labute approximate surface area is 105 Å². The van der Waals surface area contributed by atoms with Gasteiger partial charge in [-0.25, -0.2) is 0 Å². The molecule has 1 aliphatic rings. The SMILES string of the molecule is Cc1ccc(N2CCNC(CO)C2=O)cc1Cl. The Morgan fingerprint density at radius 2 is 2.35 bits per heavy atom. The molecule has 0 spiro atoms. The number of anilines is 1. The maximum absolute atomic E-state index is 12.0. The van der Waals surface area contributed by atoms with Gasteiger partial charge in [0, 0.05) is 23.8 Å². The maximum Gasteiger partial charge on any atom is 0.246 e. The molecule has 1 aromatic rings. The second-order valence-corrected chi connectivity index (χ2v) is 4.52. The molecule has 2 N–H and O–H groups in total. The number of nitrogens with one attached hydrogen (secondary N) is 1. The van der Waals surface area contributed by atoms with Gasteiger partial charge in [0.15, 0.2) is 0 Å². The van der Waals surface area contributed by atoms with Crippen LogP contribution < -0.4 is 10.2 Å². The van der Waals surface area contributed by atoms with Crippen LogP contribution in [0.2, 0.25) is 5.02 Å². The minimum atomic E-state index is -0.510. The Kier molecular flexibility index (Phi) is 3.66. The van der Waals surface area contributed by atoms with E-state index in [1.807, 2.05) is 19.1 Å². The zero-order valence-electron chi connectivity index (χ0n) is 9.61. The van der Waals surface area contributed by atoms with Gasteiger partial charge >= 0.3 is 0 Å². The van der Waals surface area contributed by atoms with Gasteiger partial charge in [-0.15, -0.1) is 0 Å². The number of amides is 1. The normalized spacial score (nSPS) is 20.8. The van der Waals surface area contributed by atoms with Gasteiger partial charge in [-0.05, 0) is 24.6 Å². The second-order valence-electron chi connectivity index (χ2n) is 4.11. The summed E-state index contributed by atoms with van der Waals surface area (Å²) < 4.78 is 0. The molecule has 4 nitrogen and oxygen atoms in total. The molecule has 5 heteroatoms. The van der Waals surface area contributed by atoms with Crippen molar-refractivity contribution in [1.82, 2.24) is 5.32 Å². The van der Waals surface area contributed by atoms with Crippen LogP contribution in [-0.2, 0) is 4.79 Å². The van der Waals surface area contributed by atoms with E-state index < -0.39 is 6.04 Å². The Morgan fingerprint density at radius 1 is 1.59 bits per heavy atom. The first-order valence-electron chi connectivity index (χ1n) is 5.55. The van der Waals surface area contributed by atoms with E-state index in [4.69, 9.17) is 16.7 Å².